The van der Waals surface area contributed by atoms with Gasteiger partial charge in [-0.25, -0.2) is 0 Å². The van der Waals surface area contributed by atoms with Crippen LogP contribution in [0.3, 0.4) is 0 Å². The lowest BCUT2D eigenvalue weighted by molar-refractivity contribution is 0.0893. The quantitative estimate of drug-likeness (QED) is 0.918. The van der Waals surface area contributed by atoms with Gasteiger partial charge in [-0.15, -0.1) is 0 Å². The van der Waals surface area contributed by atoms with Gasteiger partial charge in [0.25, 0.3) is 0 Å². The highest BCUT2D eigenvalue weighted by molar-refractivity contribution is 5.90. The Morgan fingerprint density at radius 2 is 1.84 bits per heavy atom. The van der Waals surface area contributed by atoms with E-state index in [0.29, 0.717) is 5.82 Å². The lowest BCUT2D eigenvalue weighted by Crippen LogP contribution is -2.36. The lowest BCUT2D eigenvalue weighted by Gasteiger charge is -2.28. The van der Waals surface area contributed by atoms with E-state index in [9.17, 15) is 4.79 Å². The standard InChI is InChI=1S/C18H22N4O3/c23-17(19-14-3-1-2-4-14)18-20-16(21-25-18)13-5-7-15(8-6-13)22-9-11-24-12-10-22/h5-8,14H,1-4,9-12H2,(H,19,23). The fourth-order valence-electron chi connectivity index (χ4n) is 3.39. The molecule has 1 aliphatic carbocycles. The Hall–Kier alpha value is -2.41. The van der Waals surface area contributed by atoms with E-state index in [-0.39, 0.29) is 17.8 Å². The number of carbonyl (C=O) groups is 1. The normalized spacial score (nSPS) is 18.5. The first-order chi connectivity index (χ1) is 12.3. The van der Waals surface area contributed by atoms with Crippen molar-refractivity contribution in [2.45, 2.75) is 31.7 Å². The summed E-state index contributed by atoms with van der Waals surface area (Å²) < 4.78 is 10.5. The summed E-state index contributed by atoms with van der Waals surface area (Å²) in [6.07, 6.45) is 4.37. The molecule has 25 heavy (non-hydrogen) atoms. The molecule has 0 spiro atoms. The molecule has 132 valence electrons. The highest BCUT2D eigenvalue weighted by Crippen LogP contribution is 2.22. The highest BCUT2D eigenvalue weighted by Gasteiger charge is 2.22. The number of morpholine rings is 1. The number of nitrogens with zero attached hydrogens (tertiary/aromatic N) is 3. The summed E-state index contributed by atoms with van der Waals surface area (Å²) in [4.78, 5) is 18.7. The van der Waals surface area contributed by atoms with Crippen LogP contribution in [0.25, 0.3) is 11.4 Å². The van der Waals surface area contributed by atoms with Gasteiger partial charge in [0.2, 0.25) is 5.82 Å². The lowest BCUT2D eigenvalue weighted by atomic mass is 10.2. The first-order valence-electron chi connectivity index (χ1n) is 8.87. The summed E-state index contributed by atoms with van der Waals surface area (Å²) in [5.74, 6) is 0.180. The van der Waals surface area contributed by atoms with E-state index in [1.807, 2.05) is 24.3 Å². The maximum atomic E-state index is 12.2. The van der Waals surface area contributed by atoms with Gasteiger partial charge in [-0.2, -0.15) is 4.98 Å². The van der Waals surface area contributed by atoms with Crippen molar-refractivity contribution in [2.75, 3.05) is 31.2 Å². The topological polar surface area (TPSA) is 80.5 Å². The minimum Gasteiger partial charge on any atom is -0.378 e. The molecule has 0 atom stereocenters. The van der Waals surface area contributed by atoms with Gasteiger partial charge in [0.15, 0.2) is 0 Å². The molecule has 7 nitrogen and oxygen atoms in total. The molecule has 0 bridgehead atoms. The van der Waals surface area contributed by atoms with Gasteiger partial charge in [-0.1, -0.05) is 18.0 Å². The minimum atomic E-state index is -0.282. The van der Waals surface area contributed by atoms with Crippen molar-refractivity contribution in [3.8, 4) is 11.4 Å². The van der Waals surface area contributed by atoms with Crippen LogP contribution in [0.15, 0.2) is 28.8 Å². The number of ether oxygens (including phenoxy) is 1. The van der Waals surface area contributed by atoms with Gasteiger partial charge in [0.1, 0.15) is 0 Å². The maximum Gasteiger partial charge on any atom is 0.316 e. The summed E-state index contributed by atoms with van der Waals surface area (Å²) in [7, 11) is 0. The molecule has 7 heteroatoms. The Morgan fingerprint density at radius 3 is 2.56 bits per heavy atom. The minimum absolute atomic E-state index is 0.0270. The van der Waals surface area contributed by atoms with Crippen molar-refractivity contribution in [1.29, 1.82) is 0 Å². The molecule has 1 aromatic heterocycles. The van der Waals surface area contributed by atoms with Gasteiger partial charge >= 0.3 is 11.8 Å². The molecule has 1 saturated carbocycles. The zero-order chi connectivity index (χ0) is 17.1. The number of amides is 1. The summed E-state index contributed by atoms with van der Waals surface area (Å²) >= 11 is 0. The van der Waals surface area contributed by atoms with Crippen LogP contribution in [-0.2, 0) is 4.74 Å². The molecule has 1 aliphatic heterocycles. The van der Waals surface area contributed by atoms with Crippen LogP contribution in [0.4, 0.5) is 5.69 Å². The van der Waals surface area contributed by atoms with Crippen molar-refractivity contribution in [2.24, 2.45) is 0 Å². The fourth-order valence-corrected chi connectivity index (χ4v) is 3.39. The molecular weight excluding hydrogens is 320 g/mol. The third kappa shape index (κ3) is 3.66. The summed E-state index contributed by atoms with van der Waals surface area (Å²) in [5, 5.41) is 6.90. The SMILES string of the molecule is O=C(NC1CCCC1)c1nc(-c2ccc(N3CCOCC3)cc2)no1. The van der Waals surface area contributed by atoms with Crippen LogP contribution in [0, 0.1) is 0 Å². The second-order valence-electron chi connectivity index (χ2n) is 6.52. The zero-order valence-electron chi connectivity index (χ0n) is 14.1. The van der Waals surface area contributed by atoms with Gasteiger partial charge in [0, 0.05) is 30.4 Å². The van der Waals surface area contributed by atoms with Crippen LogP contribution < -0.4 is 10.2 Å². The Bertz CT molecular complexity index is 716. The third-order valence-electron chi connectivity index (χ3n) is 4.81. The molecular formula is C18H22N4O3. The Kier molecular flexibility index (Phi) is 4.65. The van der Waals surface area contributed by atoms with E-state index >= 15 is 0 Å². The number of hydrogen-bond donors (Lipinski definition) is 1. The van der Waals surface area contributed by atoms with Gasteiger partial charge in [-0.05, 0) is 37.1 Å². The molecule has 0 unspecified atom stereocenters. The number of rotatable bonds is 4. The number of anilines is 1. The van der Waals surface area contributed by atoms with Crippen LogP contribution in [0.1, 0.15) is 36.4 Å². The molecule has 1 N–H and O–H groups in total. The van der Waals surface area contributed by atoms with Crippen molar-refractivity contribution in [3.05, 3.63) is 30.2 Å². The second kappa shape index (κ2) is 7.23. The molecule has 2 aromatic rings. The van der Waals surface area contributed by atoms with Gasteiger partial charge < -0.3 is 19.5 Å². The van der Waals surface area contributed by atoms with E-state index in [1.165, 1.54) is 0 Å². The fraction of sp³-hybridized carbons (Fsp3) is 0.500. The van der Waals surface area contributed by atoms with Crippen LogP contribution in [0.2, 0.25) is 0 Å². The van der Waals surface area contributed by atoms with Crippen molar-refractivity contribution >= 4 is 11.6 Å². The average Bonchev–Trinajstić information content (AvgIpc) is 3.34. The Balaban J connectivity index is 1.43. The van der Waals surface area contributed by atoms with E-state index in [0.717, 1.165) is 63.2 Å². The van der Waals surface area contributed by atoms with Crippen molar-refractivity contribution in [1.82, 2.24) is 15.5 Å². The molecule has 1 aromatic carbocycles. The molecule has 0 radical (unpaired) electrons. The predicted molar refractivity (Wildman–Crippen MR) is 92.5 cm³/mol. The summed E-state index contributed by atoms with van der Waals surface area (Å²) in [6, 6.07) is 8.21. The van der Waals surface area contributed by atoms with Crippen molar-refractivity contribution < 1.29 is 14.1 Å². The molecule has 2 heterocycles. The van der Waals surface area contributed by atoms with Crippen LogP contribution in [0.5, 0.6) is 0 Å². The Labute approximate surface area is 146 Å². The number of nitrogens with one attached hydrogen (secondary N) is 1. The molecule has 1 amide bonds. The zero-order valence-corrected chi connectivity index (χ0v) is 14.1. The first-order valence-corrected chi connectivity index (χ1v) is 8.87. The number of carbonyl (C=O) groups excluding carboxylic acids is 1. The molecule has 1 saturated heterocycles. The van der Waals surface area contributed by atoms with Crippen LogP contribution in [-0.4, -0.2) is 48.4 Å². The summed E-state index contributed by atoms with van der Waals surface area (Å²) in [6.45, 7) is 3.30. The van der Waals surface area contributed by atoms with Crippen molar-refractivity contribution in [3.63, 3.8) is 0 Å². The molecule has 2 fully saturated rings. The molecule has 4 rings (SSSR count). The monoisotopic (exact) mass is 342 g/mol. The highest BCUT2D eigenvalue weighted by atomic mass is 16.5. The second-order valence-corrected chi connectivity index (χ2v) is 6.52. The van der Waals surface area contributed by atoms with Crippen LogP contribution >= 0.6 is 0 Å². The predicted octanol–water partition coefficient (Wildman–Crippen LogP) is 2.25. The van der Waals surface area contributed by atoms with E-state index < -0.39 is 0 Å². The van der Waals surface area contributed by atoms with Gasteiger partial charge in [-0.3, -0.25) is 4.79 Å². The number of aromatic nitrogens is 2. The van der Waals surface area contributed by atoms with E-state index in [1.54, 1.807) is 0 Å². The average molecular weight is 342 g/mol. The third-order valence-corrected chi connectivity index (χ3v) is 4.81. The van der Waals surface area contributed by atoms with Gasteiger partial charge in [0.05, 0.1) is 13.2 Å². The smallest absolute Gasteiger partial charge is 0.316 e. The molecule has 2 aliphatic rings. The number of benzene rings is 1. The Morgan fingerprint density at radius 1 is 1.12 bits per heavy atom. The summed E-state index contributed by atoms with van der Waals surface area (Å²) in [5.41, 5.74) is 1.98. The number of hydrogen-bond acceptors (Lipinski definition) is 6. The van der Waals surface area contributed by atoms with E-state index in [4.69, 9.17) is 9.26 Å². The first kappa shape index (κ1) is 16.1. The van der Waals surface area contributed by atoms with E-state index in [2.05, 4.69) is 20.4 Å². The largest absolute Gasteiger partial charge is 0.378 e. The maximum absolute atomic E-state index is 12.2.